The number of nitrogens with zero attached hydrogens (tertiary/aromatic N) is 1. The van der Waals surface area contributed by atoms with Gasteiger partial charge >= 0.3 is 0 Å². The summed E-state index contributed by atoms with van der Waals surface area (Å²) in [5.41, 5.74) is 4.22. The molecule has 0 aromatic heterocycles. The summed E-state index contributed by atoms with van der Waals surface area (Å²) >= 11 is 0. The fourth-order valence-corrected chi connectivity index (χ4v) is 2.40. The fourth-order valence-electron chi connectivity index (χ4n) is 2.40. The molecule has 0 heterocycles. The zero-order chi connectivity index (χ0) is 17.4. The molecule has 2 rings (SSSR count). The summed E-state index contributed by atoms with van der Waals surface area (Å²) in [6.45, 7) is 6.95. The van der Waals surface area contributed by atoms with E-state index in [9.17, 15) is 0 Å². The van der Waals surface area contributed by atoms with E-state index in [1.165, 1.54) is 11.1 Å². The van der Waals surface area contributed by atoms with E-state index in [-0.39, 0.29) is 0 Å². The third-order valence-electron chi connectivity index (χ3n) is 3.90. The van der Waals surface area contributed by atoms with Crippen LogP contribution >= 0.6 is 0 Å². The lowest BCUT2D eigenvalue weighted by Crippen LogP contribution is -2.02. The van der Waals surface area contributed by atoms with Crippen LogP contribution in [0.15, 0.2) is 47.6 Å². The first-order chi connectivity index (χ1) is 11.6. The van der Waals surface area contributed by atoms with Gasteiger partial charge in [0.15, 0.2) is 11.5 Å². The normalized spacial score (nSPS) is 11.4. The Balaban J connectivity index is 2.09. The summed E-state index contributed by atoms with van der Waals surface area (Å²) in [5, 5.41) is 12.0. The molecule has 0 aliphatic rings. The van der Waals surface area contributed by atoms with Crippen LogP contribution in [-0.4, -0.2) is 17.5 Å². The van der Waals surface area contributed by atoms with Gasteiger partial charge in [0.05, 0.1) is 12.3 Å². The number of ether oxygens (including phenoxy) is 2. The predicted molar refractivity (Wildman–Crippen MR) is 96.3 cm³/mol. The van der Waals surface area contributed by atoms with Crippen molar-refractivity contribution < 1.29 is 14.7 Å². The highest BCUT2D eigenvalue weighted by atomic mass is 16.5. The molecule has 0 bridgehead atoms. The maximum Gasteiger partial charge on any atom is 0.161 e. The van der Waals surface area contributed by atoms with Crippen LogP contribution in [-0.2, 0) is 13.0 Å². The topological polar surface area (TPSA) is 51.0 Å². The van der Waals surface area contributed by atoms with E-state index in [2.05, 4.69) is 24.2 Å². The first kappa shape index (κ1) is 17.9. The molecule has 0 fully saturated rings. The Bertz CT molecular complexity index is 695. The standard InChI is InChI=1S/C20H25NO3/c1-4-23-20-13-17(10-9-16(3)21-22)11-12-19(20)24-14-18-8-6-5-7-15(18)2/h5-8,11-13,22H,4,9-10,14H2,1-3H3/b21-16+. The fraction of sp³-hybridized carbons (Fsp3) is 0.350. The maximum absolute atomic E-state index is 8.74. The Kier molecular flexibility index (Phi) is 6.67. The maximum atomic E-state index is 8.74. The van der Waals surface area contributed by atoms with E-state index in [1.54, 1.807) is 0 Å². The van der Waals surface area contributed by atoms with Crippen LogP contribution in [0, 0.1) is 6.92 Å². The lowest BCUT2D eigenvalue weighted by molar-refractivity contribution is 0.268. The van der Waals surface area contributed by atoms with Crippen LogP contribution in [0.2, 0.25) is 0 Å². The second kappa shape index (κ2) is 8.96. The van der Waals surface area contributed by atoms with Crippen molar-refractivity contribution in [2.45, 2.75) is 40.2 Å². The second-order valence-electron chi connectivity index (χ2n) is 5.76. The molecule has 2 aromatic carbocycles. The average molecular weight is 327 g/mol. The largest absolute Gasteiger partial charge is 0.490 e. The van der Waals surface area contributed by atoms with Crippen molar-refractivity contribution in [1.82, 2.24) is 0 Å². The zero-order valence-corrected chi connectivity index (χ0v) is 14.6. The molecule has 0 aliphatic heterocycles. The van der Waals surface area contributed by atoms with Gasteiger partial charge in [-0.05, 0) is 62.4 Å². The zero-order valence-electron chi connectivity index (χ0n) is 14.6. The van der Waals surface area contributed by atoms with Crippen molar-refractivity contribution in [2.75, 3.05) is 6.61 Å². The van der Waals surface area contributed by atoms with Crippen molar-refractivity contribution in [2.24, 2.45) is 5.16 Å². The Morgan fingerprint density at radius 3 is 2.58 bits per heavy atom. The molecule has 1 N–H and O–H groups in total. The van der Waals surface area contributed by atoms with Gasteiger partial charge in [0, 0.05) is 0 Å². The van der Waals surface area contributed by atoms with E-state index in [0.29, 0.717) is 25.3 Å². The van der Waals surface area contributed by atoms with Crippen LogP contribution in [0.3, 0.4) is 0 Å². The molecule has 0 atom stereocenters. The predicted octanol–water partition coefficient (Wildman–Crippen LogP) is 4.76. The molecule has 0 aliphatic carbocycles. The van der Waals surface area contributed by atoms with Crippen LogP contribution in [0.25, 0.3) is 0 Å². The van der Waals surface area contributed by atoms with Crippen molar-refractivity contribution in [3.63, 3.8) is 0 Å². The van der Waals surface area contributed by atoms with E-state index >= 15 is 0 Å². The third-order valence-corrected chi connectivity index (χ3v) is 3.90. The monoisotopic (exact) mass is 327 g/mol. The summed E-state index contributed by atoms with van der Waals surface area (Å²) in [6.07, 6.45) is 1.51. The van der Waals surface area contributed by atoms with Gasteiger partial charge in [0.25, 0.3) is 0 Å². The molecule has 0 unspecified atom stereocenters. The molecule has 4 nitrogen and oxygen atoms in total. The van der Waals surface area contributed by atoms with Crippen molar-refractivity contribution in [1.29, 1.82) is 0 Å². The van der Waals surface area contributed by atoms with Gasteiger partial charge in [-0.1, -0.05) is 35.5 Å². The lowest BCUT2D eigenvalue weighted by Gasteiger charge is -2.14. The first-order valence-electron chi connectivity index (χ1n) is 8.24. The molecule has 0 spiro atoms. The van der Waals surface area contributed by atoms with Crippen LogP contribution < -0.4 is 9.47 Å². The van der Waals surface area contributed by atoms with E-state index in [4.69, 9.17) is 14.7 Å². The number of oxime groups is 1. The number of benzene rings is 2. The van der Waals surface area contributed by atoms with Crippen LogP contribution in [0.5, 0.6) is 11.5 Å². The van der Waals surface area contributed by atoms with Crippen molar-refractivity contribution in [3.8, 4) is 11.5 Å². The number of rotatable bonds is 8. The Morgan fingerprint density at radius 2 is 1.88 bits per heavy atom. The average Bonchev–Trinajstić information content (AvgIpc) is 2.60. The summed E-state index contributed by atoms with van der Waals surface area (Å²) < 4.78 is 11.7. The van der Waals surface area contributed by atoms with E-state index in [0.717, 1.165) is 23.5 Å². The lowest BCUT2D eigenvalue weighted by atomic mass is 10.1. The van der Waals surface area contributed by atoms with Crippen LogP contribution in [0.4, 0.5) is 0 Å². The highest BCUT2D eigenvalue weighted by Crippen LogP contribution is 2.30. The van der Waals surface area contributed by atoms with Gasteiger partial charge in [-0.3, -0.25) is 0 Å². The minimum Gasteiger partial charge on any atom is -0.490 e. The Morgan fingerprint density at radius 1 is 1.08 bits per heavy atom. The molecule has 0 saturated heterocycles. The summed E-state index contributed by atoms with van der Waals surface area (Å²) in [5.74, 6) is 1.50. The molecule has 4 heteroatoms. The molecular formula is C20H25NO3. The molecule has 0 radical (unpaired) electrons. The highest BCUT2D eigenvalue weighted by Gasteiger charge is 2.08. The number of aryl methyl sites for hydroxylation is 2. The quantitative estimate of drug-likeness (QED) is 0.432. The highest BCUT2D eigenvalue weighted by molar-refractivity contribution is 5.81. The SMILES string of the molecule is CCOc1cc(CC/C(C)=N/O)ccc1OCc1ccccc1C. The minimum absolute atomic E-state index is 0.516. The van der Waals surface area contributed by atoms with Crippen molar-refractivity contribution >= 4 is 5.71 Å². The number of hydrogen-bond donors (Lipinski definition) is 1. The Hall–Kier alpha value is -2.49. The van der Waals surface area contributed by atoms with Gasteiger partial charge in [-0.2, -0.15) is 0 Å². The number of hydrogen-bond acceptors (Lipinski definition) is 4. The van der Waals surface area contributed by atoms with Gasteiger partial charge < -0.3 is 14.7 Å². The minimum atomic E-state index is 0.516. The molecule has 0 saturated carbocycles. The first-order valence-corrected chi connectivity index (χ1v) is 8.24. The summed E-state index contributed by atoms with van der Waals surface area (Å²) in [4.78, 5) is 0. The second-order valence-corrected chi connectivity index (χ2v) is 5.76. The van der Waals surface area contributed by atoms with Gasteiger partial charge in [-0.15, -0.1) is 0 Å². The summed E-state index contributed by atoms with van der Waals surface area (Å²) in [7, 11) is 0. The van der Waals surface area contributed by atoms with Gasteiger partial charge in [0.1, 0.15) is 6.61 Å². The van der Waals surface area contributed by atoms with Gasteiger partial charge in [0.2, 0.25) is 0 Å². The Labute approximate surface area is 143 Å². The van der Waals surface area contributed by atoms with Gasteiger partial charge in [-0.25, -0.2) is 0 Å². The summed E-state index contributed by atoms with van der Waals surface area (Å²) in [6, 6.07) is 14.2. The molecule has 128 valence electrons. The third kappa shape index (κ3) is 5.01. The molecular weight excluding hydrogens is 302 g/mol. The molecule has 2 aromatic rings. The van der Waals surface area contributed by atoms with Crippen molar-refractivity contribution in [3.05, 3.63) is 59.2 Å². The van der Waals surface area contributed by atoms with E-state index < -0.39 is 0 Å². The van der Waals surface area contributed by atoms with Crippen LogP contribution in [0.1, 0.15) is 37.0 Å². The molecule has 24 heavy (non-hydrogen) atoms. The smallest absolute Gasteiger partial charge is 0.161 e. The van der Waals surface area contributed by atoms with E-state index in [1.807, 2.05) is 44.2 Å². The molecule has 0 amide bonds.